The minimum atomic E-state index is 0.399. The van der Waals surface area contributed by atoms with Gasteiger partial charge in [-0.2, -0.15) is 15.1 Å². The van der Waals surface area contributed by atoms with E-state index in [2.05, 4.69) is 15.0 Å². The summed E-state index contributed by atoms with van der Waals surface area (Å²) in [6.07, 6.45) is 3.92. The highest BCUT2D eigenvalue weighted by molar-refractivity contribution is 5.86. The van der Waals surface area contributed by atoms with Gasteiger partial charge in [-0.1, -0.05) is 0 Å². The number of fused-ring (bicyclic) bond motifs is 1. The molecule has 26 heavy (non-hydrogen) atoms. The van der Waals surface area contributed by atoms with Crippen LogP contribution in [0.5, 0.6) is 11.5 Å². The van der Waals surface area contributed by atoms with Crippen molar-refractivity contribution in [3.8, 4) is 11.5 Å². The van der Waals surface area contributed by atoms with E-state index in [1.165, 1.54) is 0 Å². The number of aryl methyl sites for hydroxylation is 1. The monoisotopic (exact) mass is 354 g/mol. The van der Waals surface area contributed by atoms with Gasteiger partial charge in [0.25, 0.3) is 0 Å². The number of hydrogen-bond acceptors (Lipinski definition) is 7. The van der Waals surface area contributed by atoms with Crippen molar-refractivity contribution in [2.75, 3.05) is 24.9 Å². The van der Waals surface area contributed by atoms with E-state index in [0.29, 0.717) is 24.4 Å². The molecule has 3 aromatic rings. The van der Waals surface area contributed by atoms with Crippen molar-refractivity contribution in [1.29, 1.82) is 0 Å². The van der Waals surface area contributed by atoms with Crippen molar-refractivity contribution < 1.29 is 9.47 Å². The standard InChI is InChI=1S/C18H22N6O2/c1-23-17-14(9-20-23)16(19)21-18(22-17)24(12-4-5-12)10-11-8-13(25-2)6-7-15(11)26-3/h6-9,12H,4-5,10H2,1-3H3,(H2,19,21,22). The third-order valence-corrected chi connectivity index (χ3v) is 4.68. The fourth-order valence-electron chi connectivity index (χ4n) is 3.10. The van der Waals surface area contributed by atoms with Crippen LogP contribution < -0.4 is 20.1 Å². The van der Waals surface area contributed by atoms with Crippen molar-refractivity contribution in [2.24, 2.45) is 7.05 Å². The Bertz CT molecular complexity index is 950. The number of aromatic nitrogens is 4. The van der Waals surface area contributed by atoms with E-state index in [0.717, 1.165) is 40.9 Å². The number of nitrogen functional groups attached to an aromatic ring is 1. The lowest BCUT2D eigenvalue weighted by atomic mass is 10.1. The van der Waals surface area contributed by atoms with E-state index in [9.17, 15) is 0 Å². The van der Waals surface area contributed by atoms with Crippen LogP contribution >= 0.6 is 0 Å². The fourth-order valence-corrected chi connectivity index (χ4v) is 3.10. The molecule has 1 aliphatic carbocycles. The minimum Gasteiger partial charge on any atom is -0.497 e. The molecule has 0 aliphatic heterocycles. The van der Waals surface area contributed by atoms with Crippen LogP contribution in [0.25, 0.3) is 11.0 Å². The summed E-state index contributed by atoms with van der Waals surface area (Å²) in [7, 11) is 5.18. The topological polar surface area (TPSA) is 91.3 Å². The van der Waals surface area contributed by atoms with E-state index < -0.39 is 0 Å². The maximum atomic E-state index is 6.15. The molecule has 8 heteroatoms. The molecule has 136 valence electrons. The Kier molecular flexibility index (Phi) is 4.02. The number of rotatable bonds is 6. The average molecular weight is 354 g/mol. The van der Waals surface area contributed by atoms with Gasteiger partial charge in [-0.3, -0.25) is 4.68 Å². The summed E-state index contributed by atoms with van der Waals surface area (Å²) < 4.78 is 12.6. The minimum absolute atomic E-state index is 0.399. The van der Waals surface area contributed by atoms with Gasteiger partial charge < -0.3 is 20.1 Å². The molecule has 1 fully saturated rings. The van der Waals surface area contributed by atoms with Gasteiger partial charge in [-0.05, 0) is 31.0 Å². The van der Waals surface area contributed by atoms with E-state index in [4.69, 9.17) is 20.2 Å². The molecule has 0 unspecified atom stereocenters. The quantitative estimate of drug-likeness (QED) is 0.725. The van der Waals surface area contributed by atoms with Crippen molar-refractivity contribution in [2.45, 2.75) is 25.4 Å². The number of ether oxygens (including phenoxy) is 2. The van der Waals surface area contributed by atoms with Crippen LogP contribution in [0.1, 0.15) is 18.4 Å². The Morgan fingerprint density at radius 3 is 2.73 bits per heavy atom. The van der Waals surface area contributed by atoms with Crippen LogP contribution in [0.2, 0.25) is 0 Å². The van der Waals surface area contributed by atoms with Gasteiger partial charge in [-0.25, -0.2) is 0 Å². The molecule has 2 heterocycles. The number of nitrogens with two attached hydrogens (primary N) is 1. The first-order valence-corrected chi connectivity index (χ1v) is 8.53. The molecular formula is C18H22N6O2. The predicted molar refractivity (Wildman–Crippen MR) is 99.5 cm³/mol. The fraction of sp³-hybridized carbons (Fsp3) is 0.389. The summed E-state index contributed by atoms with van der Waals surface area (Å²) in [5.74, 6) is 2.66. The van der Waals surface area contributed by atoms with Crippen LogP contribution in [0, 0.1) is 0 Å². The zero-order chi connectivity index (χ0) is 18.3. The molecule has 1 aliphatic rings. The van der Waals surface area contributed by atoms with Gasteiger partial charge in [0, 0.05) is 25.2 Å². The molecule has 8 nitrogen and oxygen atoms in total. The zero-order valence-corrected chi connectivity index (χ0v) is 15.1. The van der Waals surface area contributed by atoms with Crippen molar-refractivity contribution in [3.05, 3.63) is 30.0 Å². The first-order valence-electron chi connectivity index (χ1n) is 8.53. The Labute approximate surface area is 151 Å². The van der Waals surface area contributed by atoms with Crippen LogP contribution in [-0.4, -0.2) is 40.0 Å². The zero-order valence-electron chi connectivity index (χ0n) is 15.1. The molecule has 0 spiro atoms. The predicted octanol–water partition coefficient (Wildman–Crippen LogP) is 2.13. The van der Waals surface area contributed by atoms with E-state index >= 15 is 0 Å². The molecule has 2 N–H and O–H groups in total. The Morgan fingerprint density at radius 2 is 2.04 bits per heavy atom. The van der Waals surface area contributed by atoms with Gasteiger partial charge in [0.1, 0.15) is 17.3 Å². The summed E-state index contributed by atoms with van der Waals surface area (Å²) in [4.78, 5) is 11.4. The summed E-state index contributed by atoms with van der Waals surface area (Å²) in [5.41, 5.74) is 7.90. The first kappa shape index (κ1) is 16.4. The van der Waals surface area contributed by atoms with Crippen LogP contribution in [-0.2, 0) is 13.6 Å². The third-order valence-electron chi connectivity index (χ3n) is 4.68. The molecule has 0 atom stereocenters. The lowest BCUT2D eigenvalue weighted by molar-refractivity contribution is 0.398. The summed E-state index contributed by atoms with van der Waals surface area (Å²) in [6, 6.07) is 6.19. The van der Waals surface area contributed by atoms with Gasteiger partial charge in [0.15, 0.2) is 5.65 Å². The van der Waals surface area contributed by atoms with E-state index in [1.54, 1.807) is 25.1 Å². The largest absolute Gasteiger partial charge is 0.497 e. The highest BCUT2D eigenvalue weighted by Gasteiger charge is 2.32. The molecule has 0 radical (unpaired) electrons. The van der Waals surface area contributed by atoms with E-state index in [-0.39, 0.29) is 0 Å². The maximum absolute atomic E-state index is 6.15. The number of anilines is 2. The SMILES string of the molecule is COc1ccc(OC)c(CN(c2nc(N)c3cnn(C)c3n2)C2CC2)c1. The molecular weight excluding hydrogens is 332 g/mol. The van der Waals surface area contributed by atoms with Crippen molar-refractivity contribution in [1.82, 2.24) is 19.7 Å². The third kappa shape index (κ3) is 2.87. The number of hydrogen-bond donors (Lipinski definition) is 1. The average Bonchev–Trinajstić information content (AvgIpc) is 3.42. The normalized spacial score (nSPS) is 13.8. The number of methoxy groups -OCH3 is 2. The van der Waals surface area contributed by atoms with Gasteiger partial charge in [0.2, 0.25) is 5.95 Å². The van der Waals surface area contributed by atoms with Crippen molar-refractivity contribution >= 4 is 22.8 Å². The first-order chi connectivity index (χ1) is 12.6. The smallest absolute Gasteiger partial charge is 0.229 e. The maximum Gasteiger partial charge on any atom is 0.229 e. The number of nitrogens with zero attached hydrogens (tertiary/aromatic N) is 5. The second kappa shape index (κ2) is 6.36. The lowest BCUT2D eigenvalue weighted by Crippen LogP contribution is -2.27. The summed E-state index contributed by atoms with van der Waals surface area (Å²) in [5, 5.41) is 5.00. The summed E-state index contributed by atoms with van der Waals surface area (Å²) >= 11 is 0. The highest BCUT2D eigenvalue weighted by Crippen LogP contribution is 2.35. The Hall–Kier alpha value is -3.03. The molecule has 4 rings (SSSR count). The number of benzene rings is 1. The molecule has 1 aromatic carbocycles. The Balaban J connectivity index is 1.75. The second-order valence-corrected chi connectivity index (χ2v) is 6.45. The van der Waals surface area contributed by atoms with Gasteiger partial charge in [-0.15, -0.1) is 0 Å². The van der Waals surface area contributed by atoms with Crippen LogP contribution in [0.4, 0.5) is 11.8 Å². The Morgan fingerprint density at radius 1 is 1.23 bits per heavy atom. The summed E-state index contributed by atoms with van der Waals surface area (Å²) in [6.45, 7) is 0.619. The molecule has 0 amide bonds. The highest BCUT2D eigenvalue weighted by atomic mass is 16.5. The molecule has 0 saturated heterocycles. The molecule has 2 aromatic heterocycles. The van der Waals surface area contributed by atoms with Crippen LogP contribution in [0.3, 0.4) is 0 Å². The van der Waals surface area contributed by atoms with Gasteiger partial charge >= 0.3 is 0 Å². The van der Waals surface area contributed by atoms with Gasteiger partial charge in [0.05, 0.1) is 25.8 Å². The lowest BCUT2D eigenvalue weighted by Gasteiger charge is -2.24. The molecule has 1 saturated carbocycles. The van der Waals surface area contributed by atoms with Crippen molar-refractivity contribution in [3.63, 3.8) is 0 Å². The van der Waals surface area contributed by atoms with E-state index in [1.807, 2.05) is 25.2 Å². The molecule has 0 bridgehead atoms. The second-order valence-electron chi connectivity index (χ2n) is 6.45. The van der Waals surface area contributed by atoms with Crippen LogP contribution in [0.15, 0.2) is 24.4 Å².